The van der Waals surface area contributed by atoms with E-state index in [0.29, 0.717) is 22.0 Å². The molecule has 0 bridgehead atoms. The van der Waals surface area contributed by atoms with E-state index >= 15 is 0 Å². The van der Waals surface area contributed by atoms with Crippen molar-refractivity contribution in [3.63, 3.8) is 0 Å². The van der Waals surface area contributed by atoms with Crippen LogP contribution in [0.3, 0.4) is 0 Å². The van der Waals surface area contributed by atoms with Crippen molar-refractivity contribution < 1.29 is 14.5 Å². The molecule has 0 unspecified atom stereocenters. The summed E-state index contributed by atoms with van der Waals surface area (Å²) in [5, 5.41) is 23.6. The fourth-order valence-electron chi connectivity index (χ4n) is 2.71. The van der Waals surface area contributed by atoms with E-state index < -0.39 is 10.8 Å². The summed E-state index contributed by atoms with van der Waals surface area (Å²) >= 11 is 15.2. The van der Waals surface area contributed by atoms with Crippen LogP contribution < -0.4 is 10.1 Å². The van der Waals surface area contributed by atoms with E-state index in [4.69, 9.17) is 27.9 Å². The fourth-order valence-corrected chi connectivity index (χ4v) is 3.39. The molecule has 3 aromatic carbocycles. The van der Waals surface area contributed by atoms with Crippen LogP contribution in [0.1, 0.15) is 11.1 Å². The highest BCUT2D eigenvalue weighted by atomic mass is 79.9. The van der Waals surface area contributed by atoms with Gasteiger partial charge in [0.1, 0.15) is 24.0 Å². The molecule has 0 radical (unpaired) electrons. The Bertz CT molecular complexity index is 1290. The first-order valence-electron chi connectivity index (χ1n) is 9.30. The number of benzene rings is 3. The number of non-ortho nitro benzene ring substituents is 1. The summed E-state index contributed by atoms with van der Waals surface area (Å²) in [7, 11) is 0. The van der Waals surface area contributed by atoms with E-state index in [1.54, 1.807) is 36.4 Å². The molecule has 0 fully saturated rings. The van der Waals surface area contributed by atoms with E-state index in [9.17, 15) is 20.2 Å². The van der Waals surface area contributed by atoms with Gasteiger partial charge in [0.2, 0.25) is 0 Å². The Morgan fingerprint density at radius 1 is 1.12 bits per heavy atom. The third-order valence-corrected chi connectivity index (χ3v) is 5.59. The van der Waals surface area contributed by atoms with Gasteiger partial charge in [-0.15, -0.1) is 0 Å². The molecule has 0 aromatic heterocycles. The Hall–Kier alpha value is -3.38. The molecule has 0 atom stereocenters. The number of nitro benzene ring substituents is 1. The number of nitriles is 1. The van der Waals surface area contributed by atoms with Crippen molar-refractivity contribution in [2.45, 2.75) is 6.61 Å². The van der Waals surface area contributed by atoms with Crippen LogP contribution in [0.25, 0.3) is 6.08 Å². The van der Waals surface area contributed by atoms with Gasteiger partial charge in [-0.3, -0.25) is 14.9 Å². The third-order valence-electron chi connectivity index (χ3n) is 4.36. The second-order valence-corrected chi connectivity index (χ2v) is 8.38. The molecule has 0 saturated heterocycles. The van der Waals surface area contributed by atoms with Gasteiger partial charge in [-0.1, -0.05) is 39.1 Å². The largest absolute Gasteiger partial charge is 0.488 e. The Morgan fingerprint density at radius 2 is 1.85 bits per heavy atom. The zero-order chi connectivity index (χ0) is 24.0. The summed E-state index contributed by atoms with van der Waals surface area (Å²) < 4.78 is 6.56. The first kappa shape index (κ1) is 24.3. The van der Waals surface area contributed by atoms with Gasteiger partial charge in [0, 0.05) is 27.9 Å². The lowest BCUT2D eigenvalue weighted by molar-refractivity contribution is -0.384. The van der Waals surface area contributed by atoms with Gasteiger partial charge in [-0.25, -0.2) is 0 Å². The summed E-state index contributed by atoms with van der Waals surface area (Å²) in [6.45, 7) is 0.137. The Labute approximate surface area is 207 Å². The molecular formula is C23H14BrCl2N3O4. The van der Waals surface area contributed by atoms with E-state index in [0.717, 1.165) is 10.0 Å². The molecule has 0 saturated carbocycles. The maximum atomic E-state index is 12.6. The van der Waals surface area contributed by atoms with Crippen LogP contribution in [0.5, 0.6) is 5.75 Å². The number of carbonyl (C=O) groups excluding carboxylic acids is 1. The molecule has 0 aliphatic carbocycles. The minimum Gasteiger partial charge on any atom is -0.488 e. The van der Waals surface area contributed by atoms with Crippen LogP contribution in [-0.4, -0.2) is 10.8 Å². The SMILES string of the molecule is N#C/C(=C\c1cc(Br)ccc1OCc1ccc([N+](=O)[O-])cc1)C(=O)Nc1ccc(Cl)c(Cl)c1. The molecule has 0 aliphatic rings. The number of ether oxygens (including phenoxy) is 1. The molecule has 0 spiro atoms. The summed E-state index contributed by atoms with van der Waals surface area (Å²) in [6.07, 6.45) is 1.41. The second-order valence-electron chi connectivity index (χ2n) is 6.65. The number of anilines is 1. The lowest BCUT2D eigenvalue weighted by atomic mass is 10.1. The maximum absolute atomic E-state index is 12.6. The molecule has 33 heavy (non-hydrogen) atoms. The Morgan fingerprint density at radius 3 is 2.48 bits per heavy atom. The number of nitrogens with zero attached hydrogens (tertiary/aromatic N) is 2. The Balaban J connectivity index is 1.81. The molecule has 7 nitrogen and oxygen atoms in total. The van der Waals surface area contributed by atoms with Gasteiger partial charge in [0.15, 0.2) is 0 Å². The standard InChI is InChI=1S/C23H14BrCl2N3O4/c24-17-3-8-22(33-13-14-1-5-19(6-2-14)29(31)32)15(10-17)9-16(12-27)23(30)28-18-4-7-20(25)21(26)11-18/h1-11H,13H2,(H,28,30)/b16-9+. The highest BCUT2D eigenvalue weighted by molar-refractivity contribution is 9.10. The van der Waals surface area contributed by atoms with Gasteiger partial charge in [0.25, 0.3) is 11.6 Å². The van der Waals surface area contributed by atoms with Crippen LogP contribution in [0, 0.1) is 21.4 Å². The monoisotopic (exact) mass is 545 g/mol. The molecule has 0 heterocycles. The number of nitro groups is 1. The molecule has 166 valence electrons. The molecule has 1 amide bonds. The van der Waals surface area contributed by atoms with E-state index in [-0.39, 0.29) is 22.9 Å². The number of amides is 1. The smallest absolute Gasteiger partial charge is 0.269 e. The van der Waals surface area contributed by atoms with Crippen LogP contribution in [0.4, 0.5) is 11.4 Å². The highest BCUT2D eigenvalue weighted by Crippen LogP contribution is 2.28. The quantitative estimate of drug-likeness (QED) is 0.152. The number of carbonyl (C=O) groups is 1. The van der Waals surface area contributed by atoms with Crippen molar-refractivity contribution in [1.82, 2.24) is 0 Å². The minimum absolute atomic E-state index is 0.0161. The lowest BCUT2D eigenvalue weighted by Crippen LogP contribution is -2.13. The van der Waals surface area contributed by atoms with Gasteiger partial charge < -0.3 is 10.1 Å². The summed E-state index contributed by atoms with van der Waals surface area (Å²) in [4.78, 5) is 22.9. The molecule has 1 N–H and O–H groups in total. The van der Waals surface area contributed by atoms with Crippen LogP contribution in [0.2, 0.25) is 10.0 Å². The maximum Gasteiger partial charge on any atom is 0.269 e. The van der Waals surface area contributed by atoms with Gasteiger partial charge in [-0.2, -0.15) is 5.26 Å². The first-order valence-corrected chi connectivity index (χ1v) is 10.9. The third kappa shape index (κ3) is 6.56. The van der Waals surface area contributed by atoms with Crippen LogP contribution in [0.15, 0.2) is 70.7 Å². The average molecular weight is 547 g/mol. The number of nitrogens with one attached hydrogen (secondary N) is 1. The van der Waals surface area contributed by atoms with E-state index in [2.05, 4.69) is 21.2 Å². The molecule has 10 heteroatoms. The first-order chi connectivity index (χ1) is 15.8. The normalized spacial score (nSPS) is 10.9. The van der Waals surface area contributed by atoms with E-state index in [1.165, 1.54) is 30.3 Å². The minimum atomic E-state index is -0.628. The van der Waals surface area contributed by atoms with Crippen molar-refractivity contribution in [1.29, 1.82) is 5.26 Å². The van der Waals surface area contributed by atoms with Crippen molar-refractivity contribution in [3.8, 4) is 11.8 Å². The molecule has 0 aliphatic heterocycles. The zero-order valence-corrected chi connectivity index (χ0v) is 19.8. The molecular weight excluding hydrogens is 533 g/mol. The zero-order valence-electron chi connectivity index (χ0n) is 16.7. The number of halogens is 3. The van der Waals surface area contributed by atoms with E-state index in [1.807, 2.05) is 6.07 Å². The average Bonchev–Trinajstić information content (AvgIpc) is 2.79. The second kappa shape index (κ2) is 11.0. The number of hydrogen-bond acceptors (Lipinski definition) is 5. The van der Waals surface area contributed by atoms with Crippen LogP contribution >= 0.6 is 39.1 Å². The summed E-state index contributed by atoms with van der Waals surface area (Å²) in [6, 6.07) is 17.6. The summed E-state index contributed by atoms with van der Waals surface area (Å²) in [5.74, 6) is -0.205. The van der Waals surface area contributed by atoms with Crippen molar-refractivity contribution in [2.75, 3.05) is 5.32 Å². The fraction of sp³-hybridized carbons (Fsp3) is 0.0435. The highest BCUT2D eigenvalue weighted by Gasteiger charge is 2.13. The van der Waals surface area contributed by atoms with Crippen LogP contribution in [-0.2, 0) is 11.4 Å². The topological polar surface area (TPSA) is 105 Å². The van der Waals surface area contributed by atoms with Crippen molar-refractivity contribution in [3.05, 3.63) is 102 Å². The van der Waals surface area contributed by atoms with Crippen molar-refractivity contribution >= 4 is 62.5 Å². The lowest BCUT2D eigenvalue weighted by Gasteiger charge is -2.11. The predicted molar refractivity (Wildman–Crippen MR) is 130 cm³/mol. The Kier molecular flexibility index (Phi) is 8.06. The molecule has 3 rings (SSSR count). The molecule has 3 aromatic rings. The number of hydrogen-bond donors (Lipinski definition) is 1. The van der Waals surface area contributed by atoms with Gasteiger partial charge in [-0.05, 0) is 60.2 Å². The van der Waals surface area contributed by atoms with Crippen molar-refractivity contribution in [2.24, 2.45) is 0 Å². The van der Waals surface area contributed by atoms with Gasteiger partial charge in [0.05, 0.1) is 15.0 Å². The predicted octanol–water partition coefficient (Wildman–Crippen LogP) is 6.79. The van der Waals surface area contributed by atoms with Gasteiger partial charge >= 0.3 is 0 Å². The number of rotatable bonds is 7. The summed E-state index contributed by atoms with van der Waals surface area (Å²) in [5.41, 5.74) is 1.43.